The van der Waals surface area contributed by atoms with Crippen LogP contribution in [0.3, 0.4) is 0 Å². The van der Waals surface area contributed by atoms with Crippen LogP contribution in [-0.4, -0.2) is 41.7 Å². The number of morpholine rings is 1. The summed E-state index contributed by atoms with van der Waals surface area (Å²) in [6.45, 7) is 3.93. The van der Waals surface area contributed by atoms with Gasteiger partial charge in [-0.1, -0.05) is 11.6 Å². The van der Waals surface area contributed by atoms with Crippen LogP contribution in [0.1, 0.15) is 12.1 Å². The molecule has 98 valence electrons. The molecule has 2 rings (SSSR count). The van der Waals surface area contributed by atoms with Crippen molar-refractivity contribution in [1.29, 1.82) is 0 Å². The van der Waals surface area contributed by atoms with Crippen molar-refractivity contribution < 1.29 is 9.53 Å². The number of anilines is 1. The zero-order valence-corrected chi connectivity index (χ0v) is 10.8. The van der Waals surface area contributed by atoms with Gasteiger partial charge in [0.1, 0.15) is 5.15 Å². The first-order valence-electron chi connectivity index (χ1n) is 5.77. The molecule has 1 aromatic heterocycles. The largest absolute Gasteiger partial charge is 0.375 e. The Morgan fingerprint density at radius 2 is 2.50 bits per heavy atom. The fourth-order valence-electron chi connectivity index (χ4n) is 1.72. The quantitative estimate of drug-likeness (QED) is 0.793. The van der Waals surface area contributed by atoms with E-state index in [0.717, 1.165) is 6.54 Å². The Kier molecular flexibility index (Phi) is 4.46. The smallest absolute Gasteiger partial charge is 0.231 e. The van der Waals surface area contributed by atoms with Crippen LogP contribution in [-0.2, 0) is 9.53 Å². The Labute approximate surface area is 110 Å². The molecule has 2 heterocycles. The van der Waals surface area contributed by atoms with E-state index in [-0.39, 0.29) is 24.4 Å². The second-order valence-electron chi connectivity index (χ2n) is 4.10. The maximum Gasteiger partial charge on any atom is 0.231 e. The number of carbonyl (C=O) groups is 1. The first-order valence-corrected chi connectivity index (χ1v) is 6.14. The Bertz CT molecular complexity index is 415. The second-order valence-corrected chi connectivity index (χ2v) is 4.49. The summed E-state index contributed by atoms with van der Waals surface area (Å²) in [4.78, 5) is 19.8. The lowest BCUT2D eigenvalue weighted by Gasteiger charge is -2.22. The maximum absolute atomic E-state index is 11.8. The van der Waals surface area contributed by atoms with E-state index in [1.165, 1.54) is 0 Å². The molecule has 1 aromatic rings. The molecule has 2 N–H and O–H groups in total. The molecule has 1 aliphatic rings. The van der Waals surface area contributed by atoms with Gasteiger partial charge in [-0.25, -0.2) is 9.97 Å². The summed E-state index contributed by atoms with van der Waals surface area (Å²) in [5.74, 6) is 0.0548. The molecule has 1 fully saturated rings. The van der Waals surface area contributed by atoms with Crippen molar-refractivity contribution in [3.05, 3.63) is 16.9 Å². The molecule has 0 aliphatic carbocycles. The minimum absolute atomic E-state index is 0.0981. The summed E-state index contributed by atoms with van der Waals surface area (Å²) >= 11 is 5.79. The molecule has 0 radical (unpaired) electrons. The monoisotopic (exact) mass is 270 g/mol. The number of aryl methyl sites for hydroxylation is 1. The number of hydrogen-bond acceptors (Lipinski definition) is 5. The summed E-state index contributed by atoms with van der Waals surface area (Å²) in [5.41, 5.74) is 0.709. The molecular weight excluding hydrogens is 256 g/mol. The zero-order valence-electron chi connectivity index (χ0n) is 10.1. The number of aromatic nitrogens is 2. The Balaban J connectivity index is 1.89. The molecule has 1 amide bonds. The van der Waals surface area contributed by atoms with Gasteiger partial charge in [-0.15, -0.1) is 0 Å². The molecule has 1 unspecified atom stereocenters. The van der Waals surface area contributed by atoms with Crippen molar-refractivity contribution in [3.8, 4) is 0 Å². The topological polar surface area (TPSA) is 76.1 Å². The van der Waals surface area contributed by atoms with E-state index in [0.29, 0.717) is 24.0 Å². The fraction of sp³-hybridized carbons (Fsp3) is 0.545. The zero-order chi connectivity index (χ0) is 13.0. The van der Waals surface area contributed by atoms with Crippen LogP contribution >= 0.6 is 11.6 Å². The number of nitrogens with one attached hydrogen (secondary N) is 2. The lowest BCUT2D eigenvalue weighted by Crippen LogP contribution is -2.40. The Hall–Kier alpha value is -1.24. The van der Waals surface area contributed by atoms with Crippen molar-refractivity contribution in [2.75, 3.05) is 25.0 Å². The number of rotatable bonds is 3. The number of ether oxygens (including phenoxy) is 1. The summed E-state index contributed by atoms with van der Waals surface area (Å²) in [5, 5.41) is 6.10. The van der Waals surface area contributed by atoms with E-state index in [9.17, 15) is 4.79 Å². The molecule has 0 saturated carbocycles. The van der Waals surface area contributed by atoms with Crippen molar-refractivity contribution in [1.82, 2.24) is 15.3 Å². The highest BCUT2D eigenvalue weighted by Crippen LogP contribution is 2.10. The maximum atomic E-state index is 11.8. The Morgan fingerprint density at radius 3 is 3.17 bits per heavy atom. The highest BCUT2D eigenvalue weighted by molar-refractivity contribution is 6.29. The first-order chi connectivity index (χ1) is 8.63. The van der Waals surface area contributed by atoms with Gasteiger partial charge in [0.25, 0.3) is 0 Å². The van der Waals surface area contributed by atoms with Crippen LogP contribution in [0, 0.1) is 6.92 Å². The third kappa shape index (κ3) is 3.90. The summed E-state index contributed by atoms with van der Waals surface area (Å²) in [6, 6.07) is 1.63. The molecule has 0 spiro atoms. The van der Waals surface area contributed by atoms with Gasteiger partial charge in [0, 0.05) is 18.8 Å². The number of hydrogen-bond donors (Lipinski definition) is 2. The van der Waals surface area contributed by atoms with Crippen molar-refractivity contribution in [2.24, 2.45) is 0 Å². The third-order valence-electron chi connectivity index (χ3n) is 2.49. The standard InChI is InChI=1S/C11H15ClN4O2/c1-7-4-9(12)15-11(14-7)16-10(17)5-8-6-13-2-3-18-8/h4,8,13H,2-3,5-6H2,1H3,(H,14,15,16,17). The molecule has 7 heteroatoms. The van der Waals surface area contributed by atoms with Crippen LogP contribution < -0.4 is 10.6 Å². The molecule has 1 aliphatic heterocycles. The molecule has 0 aromatic carbocycles. The summed E-state index contributed by atoms with van der Waals surface area (Å²) in [7, 11) is 0. The molecular formula is C11H15ClN4O2. The van der Waals surface area contributed by atoms with Gasteiger partial charge in [-0.05, 0) is 13.0 Å². The van der Waals surface area contributed by atoms with E-state index in [4.69, 9.17) is 16.3 Å². The van der Waals surface area contributed by atoms with Crippen LogP contribution in [0.5, 0.6) is 0 Å². The SMILES string of the molecule is Cc1cc(Cl)nc(NC(=O)CC2CNCCO2)n1. The minimum Gasteiger partial charge on any atom is -0.375 e. The predicted octanol–water partition coefficient (Wildman–Crippen LogP) is 0.755. The van der Waals surface area contributed by atoms with Gasteiger partial charge >= 0.3 is 0 Å². The summed E-state index contributed by atoms with van der Waals surface area (Å²) in [6.07, 6.45) is 0.182. The predicted molar refractivity (Wildman–Crippen MR) is 67.6 cm³/mol. The fourth-order valence-corrected chi connectivity index (χ4v) is 1.96. The van der Waals surface area contributed by atoms with Crippen molar-refractivity contribution in [2.45, 2.75) is 19.4 Å². The molecule has 6 nitrogen and oxygen atoms in total. The number of halogens is 1. The number of amides is 1. The van der Waals surface area contributed by atoms with Gasteiger partial charge in [0.15, 0.2) is 0 Å². The third-order valence-corrected chi connectivity index (χ3v) is 2.69. The normalized spacial score (nSPS) is 19.6. The van der Waals surface area contributed by atoms with Gasteiger partial charge in [0.05, 0.1) is 19.1 Å². The van der Waals surface area contributed by atoms with E-state index < -0.39 is 0 Å². The van der Waals surface area contributed by atoms with Crippen LogP contribution in [0.25, 0.3) is 0 Å². The first kappa shape index (κ1) is 13.2. The lowest BCUT2D eigenvalue weighted by atomic mass is 10.2. The summed E-state index contributed by atoms with van der Waals surface area (Å²) < 4.78 is 5.44. The lowest BCUT2D eigenvalue weighted by molar-refractivity contribution is -0.119. The van der Waals surface area contributed by atoms with Crippen LogP contribution in [0.4, 0.5) is 5.95 Å². The second kappa shape index (κ2) is 6.08. The average molecular weight is 271 g/mol. The highest BCUT2D eigenvalue weighted by atomic mass is 35.5. The van der Waals surface area contributed by atoms with E-state index in [1.807, 2.05) is 0 Å². The highest BCUT2D eigenvalue weighted by Gasteiger charge is 2.18. The molecule has 1 atom stereocenters. The van der Waals surface area contributed by atoms with Gasteiger partial charge in [0.2, 0.25) is 11.9 Å². The molecule has 18 heavy (non-hydrogen) atoms. The molecule has 0 bridgehead atoms. The molecule has 1 saturated heterocycles. The van der Waals surface area contributed by atoms with Crippen LogP contribution in [0.2, 0.25) is 5.15 Å². The van der Waals surface area contributed by atoms with Gasteiger partial charge < -0.3 is 10.1 Å². The number of nitrogens with zero attached hydrogens (tertiary/aromatic N) is 2. The van der Waals surface area contributed by atoms with E-state index in [2.05, 4.69) is 20.6 Å². The van der Waals surface area contributed by atoms with Crippen molar-refractivity contribution in [3.63, 3.8) is 0 Å². The van der Waals surface area contributed by atoms with Gasteiger partial charge in [-0.2, -0.15) is 0 Å². The average Bonchev–Trinajstić information content (AvgIpc) is 2.28. The van der Waals surface area contributed by atoms with Crippen molar-refractivity contribution >= 4 is 23.5 Å². The van der Waals surface area contributed by atoms with E-state index in [1.54, 1.807) is 13.0 Å². The van der Waals surface area contributed by atoms with E-state index >= 15 is 0 Å². The number of carbonyl (C=O) groups excluding carboxylic acids is 1. The minimum atomic E-state index is -0.176. The van der Waals surface area contributed by atoms with Crippen LogP contribution in [0.15, 0.2) is 6.07 Å². The van der Waals surface area contributed by atoms with Gasteiger partial charge in [-0.3, -0.25) is 10.1 Å². The Morgan fingerprint density at radius 1 is 1.67 bits per heavy atom.